The lowest BCUT2D eigenvalue weighted by Crippen LogP contribution is -2.31. The number of rotatable bonds is 5. The van der Waals surface area contributed by atoms with Gasteiger partial charge in [-0.05, 0) is 73.0 Å². The van der Waals surface area contributed by atoms with Crippen LogP contribution < -0.4 is 10.2 Å². The van der Waals surface area contributed by atoms with Crippen LogP contribution >= 0.6 is 11.6 Å². The molecule has 2 amide bonds. The Kier molecular flexibility index (Phi) is 6.96. The van der Waals surface area contributed by atoms with Crippen LogP contribution in [-0.2, 0) is 23.9 Å². The number of carbonyl (C=O) groups is 2. The summed E-state index contributed by atoms with van der Waals surface area (Å²) in [6.07, 6.45) is 0. The van der Waals surface area contributed by atoms with E-state index >= 15 is 0 Å². The normalized spacial score (nSPS) is 14.5. The standard InChI is InChI=1S/C30H25ClN2O3S/c1-19-7-8-20(2)23(15-19)18-33-26-16-22(29(34)32-17-21-9-12-24(31)13-10-21)11-14-28(26)37(36)27-6-4-3-5-25(27)30(33)35/h3-16H,17-18H2,1-2H3,(H,32,34)/t37-/m0/s1. The van der Waals surface area contributed by atoms with E-state index < -0.39 is 10.8 Å². The van der Waals surface area contributed by atoms with Crippen LogP contribution in [0.15, 0.2) is 94.7 Å². The molecule has 1 heterocycles. The minimum atomic E-state index is -1.58. The number of hydrogen-bond acceptors (Lipinski definition) is 3. The SMILES string of the molecule is Cc1ccc(C)c(CN2C(=O)c3ccccc3[S@](=O)c3ccc(C(=O)NCc4ccc(Cl)cc4)cc32)c1. The van der Waals surface area contributed by atoms with Crippen molar-refractivity contribution in [2.45, 2.75) is 36.7 Å². The number of anilines is 1. The molecule has 186 valence electrons. The summed E-state index contributed by atoms with van der Waals surface area (Å²) < 4.78 is 13.6. The summed E-state index contributed by atoms with van der Waals surface area (Å²) in [5.74, 6) is -0.535. The molecule has 0 radical (unpaired) electrons. The molecular weight excluding hydrogens is 504 g/mol. The van der Waals surface area contributed by atoms with Crippen LogP contribution in [0.4, 0.5) is 5.69 Å². The van der Waals surface area contributed by atoms with E-state index in [1.807, 2.05) is 38.1 Å². The van der Waals surface area contributed by atoms with Crippen LogP contribution in [0.25, 0.3) is 0 Å². The second kappa shape index (κ2) is 10.3. The van der Waals surface area contributed by atoms with E-state index in [0.717, 1.165) is 22.3 Å². The number of hydrogen-bond donors (Lipinski definition) is 1. The summed E-state index contributed by atoms with van der Waals surface area (Å²) in [5, 5.41) is 3.54. The van der Waals surface area contributed by atoms with Crippen molar-refractivity contribution in [1.82, 2.24) is 5.32 Å². The molecule has 7 heteroatoms. The van der Waals surface area contributed by atoms with Crippen LogP contribution in [0.2, 0.25) is 5.02 Å². The van der Waals surface area contributed by atoms with Crippen LogP contribution in [-0.4, -0.2) is 16.0 Å². The van der Waals surface area contributed by atoms with Gasteiger partial charge in [-0.25, -0.2) is 4.21 Å². The Labute approximate surface area is 223 Å². The second-order valence-electron chi connectivity index (χ2n) is 9.08. The number of amides is 2. The molecule has 0 saturated heterocycles. The maximum absolute atomic E-state index is 13.8. The molecule has 1 atom stereocenters. The molecule has 1 N–H and O–H groups in total. The monoisotopic (exact) mass is 528 g/mol. The highest BCUT2D eigenvalue weighted by Gasteiger charge is 2.31. The van der Waals surface area contributed by atoms with E-state index in [0.29, 0.717) is 44.7 Å². The molecule has 5 rings (SSSR count). The molecule has 0 spiro atoms. The van der Waals surface area contributed by atoms with Crippen molar-refractivity contribution in [1.29, 1.82) is 0 Å². The highest BCUT2D eigenvalue weighted by molar-refractivity contribution is 7.85. The Morgan fingerprint density at radius 1 is 0.919 bits per heavy atom. The molecule has 0 unspecified atom stereocenters. The minimum Gasteiger partial charge on any atom is -0.348 e. The summed E-state index contributed by atoms with van der Waals surface area (Å²) in [6, 6.07) is 25.4. The average Bonchev–Trinajstić information content (AvgIpc) is 2.99. The Morgan fingerprint density at radius 3 is 2.46 bits per heavy atom. The van der Waals surface area contributed by atoms with E-state index in [-0.39, 0.29) is 11.8 Å². The predicted octanol–water partition coefficient (Wildman–Crippen LogP) is 6.21. The third-order valence-corrected chi connectivity index (χ3v) is 8.23. The van der Waals surface area contributed by atoms with Crippen molar-refractivity contribution in [3.63, 3.8) is 0 Å². The lowest BCUT2D eigenvalue weighted by molar-refractivity contribution is 0.0947. The highest BCUT2D eigenvalue weighted by Crippen LogP contribution is 2.36. The van der Waals surface area contributed by atoms with Gasteiger partial charge >= 0.3 is 0 Å². The van der Waals surface area contributed by atoms with Crippen molar-refractivity contribution in [3.05, 3.63) is 123 Å². The van der Waals surface area contributed by atoms with Gasteiger partial charge in [0.05, 0.1) is 38.4 Å². The van der Waals surface area contributed by atoms with Crippen LogP contribution in [0, 0.1) is 13.8 Å². The lowest BCUT2D eigenvalue weighted by Gasteiger charge is -2.24. The second-order valence-corrected chi connectivity index (χ2v) is 10.9. The van der Waals surface area contributed by atoms with Crippen LogP contribution in [0.3, 0.4) is 0 Å². The number of carbonyl (C=O) groups excluding carboxylic acids is 2. The van der Waals surface area contributed by atoms with Crippen molar-refractivity contribution >= 4 is 39.9 Å². The molecular formula is C30H25ClN2O3S. The van der Waals surface area contributed by atoms with Gasteiger partial charge in [0, 0.05) is 17.1 Å². The topological polar surface area (TPSA) is 66.5 Å². The first-order valence-corrected chi connectivity index (χ1v) is 13.4. The number of fused-ring (bicyclic) bond motifs is 2. The fourth-order valence-corrected chi connectivity index (χ4v) is 5.86. The van der Waals surface area contributed by atoms with Gasteiger partial charge in [0.1, 0.15) is 0 Å². The predicted molar refractivity (Wildman–Crippen MR) is 147 cm³/mol. The van der Waals surface area contributed by atoms with Crippen LogP contribution in [0.5, 0.6) is 0 Å². The Hall–Kier alpha value is -3.74. The molecule has 37 heavy (non-hydrogen) atoms. The van der Waals surface area contributed by atoms with E-state index in [1.54, 1.807) is 59.5 Å². The van der Waals surface area contributed by atoms with Crippen molar-refractivity contribution in [2.75, 3.05) is 4.90 Å². The van der Waals surface area contributed by atoms with Gasteiger partial charge in [-0.15, -0.1) is 0 Å². The van der Waals surface area contributed by atoms with Crippen LogP contribution in [0.1, 0.15) is 43.0 Å². The van der Waals surface area contributed by atoms with E-state index in [1.165, 1.54) is 0 Å². The Balaban J connectivity index is 1.55. The summed E-state index contributed by atoms with van der Waals surface area (Å²) >= 11 is 5.95. The molecule has 0 fully saturated rings. The lowest BCUT2D eigenvalue weighted by atomic mass is 10.0. The first kappa shape index (κ1) is 24.9. The first-order valence-electron chi connectivity index (χ1n) is 11.9. The van der Waals surface area contributed by atoms with Gasteiger partial charge in [0.15, 0.2) is 0 Å². The largest absolute Gasteiger partial charge is 0.348 e. The number of aryl methyl sites for hydroxylation is 2. The fraction of sp³-hybridized carbons (Fsp3) is 0.133. The number of nitrogens with one attached hydrogen (secondary N) is 1. The Morgan fingerprint density at radius 2 is 1.68 bits per heavy atom. The van der Waals surface area contributed by atoms with Crippen molar-refractivity contribution < 1.29 is 13.8 Å². The molecule has 0 aliphatic carbocycles. The molecule has 5 nitrogen and oxygen atoms in total. The van der Waals surface area contributed by atoms with Gasteiger partial charge in [-0.2, -0.15) is 0 Å². The maximum atomic E-state index is 13.8. The number of benzene rings is 4. The average molecular weight is 529 g/mol. The third kappa shape index (κ3) is 5.08. The van der Waals surface area contributed by atoms with Gasteiger partial charge in [0.25, 0.3) is 11.8 Å². The summed E-state index contributed by atoms with van der Waals surface area (Å²) in [7, 11) is -1.58. The Bertz CT molecular complexity index is 1550. The first-order chi connectivity index (χ1) is 17.8. The summed E-state index contributed by atoms with van der Waals surface area (Å²) in [5.41, 5.74) is 5.29. The van der Waals surface area contributed by atoms with E-state index in [9.17, 15) is 13.8 Å². The smallest absolute Gasteiger partial charge is 0.259 e. The quantitative estimate of drug-likeness (QED) is 0.334. The zero-order valence-electron chi connectivity index (χ0n) is 20.5. The number of halogens is 1. The van der Waals surface area contributed by atoms with Gasteiger partial charge < -0.3 is 10.2 Å². The highest BCUT2D eigenvalue weighted by atomic mass is 35.5. The van der Waals surface area contributed by atoms with Gasteiger partial charge in [-0.3, -0.25) is 9.59 Å². The molecule has 1 aliphatic rings. The van der Waals surface area contributed by atoms with E-state index in [4.69, 9.17) is 11.6 Å². The maximum Gasteiger partial charge on any atom is 0.259 e. The van der Waals surface area contributed by atoms with E-state index in [2.05, 4.69) is 11.4 Å². The summed E-state index contributed by atoms with van der Waals surface area (Å²) in [6.45, 7) is 4.63. The third-order valence-electron chi connectivity index (χ3n) is 6.47. The molecule has 1 aliphatic heterocycles. The molecule has 0 aromatic heterocycles. The minimum absolute atomic E-state index is 0.248. The zero-order chi connectivity index (χ0) is 26.1. The number of nitrogens with zero attached hydrogens (tertiary/aromatic N) is 1. The van der Waals surface area contributed by atoms with Gasteiger partial charge in [0.2, 0.25) is 0 Å². The summed E-state index contributed by atoms with van der Waals surface area (Å²) in [4.78, 5) is 29.5. The van der Waals surface area contributed by atoms with Gasteiger partial charge in [-0.1, -0.05) is 59.6 Å². The molecule has 0 saturated carbocycles. The van der Waals surface area contributed by atoms with Crippen molar-refractivity contribution in [2.24, 2.45) is 0 Å². The zero-order valence-corrected chi connectivity index (χ0v) is 22.0. The fourth-order valence-electron chi connectivity index (χ4n) is 4.39. The van der Waals surface area contributed by atoms with Crippen molar-refractivity contribution in [3.8, 4) is 0 Å². The molecule has 0 bridgehead atoms. The molecule has 4 aromatic rings. The molecule has 4 aromatic carbocycles.